The van der Waals surface area contributed by atoms with Crippen LogP contribution in [0.4, 0.5) is 0 Å². The summed E-state index contributed by atoms with van der Waals surface area (Å²) < 4.78 is 24.4. The Morgan fingerprint density at radius 1 is 0.500 bits per heavy atom. The molecular weight excluding hydrogens is 719 g/mol. The van der Waals surface area contributed by atoms with Crippen LogP contribution >= 0.6 is 0 Å². The molecule has 0 radical (unpaired) electrons. The van der Waals surface area contributed by atoms with Crippen molar-refractivity contribution < 1.29 is 27.7 Å². The summed E-state index contributed by atoms with van der Waals surface area (Å²) >= 11 is -0.534. The summed E-state index contributed by atoms with van der Waals surface area (Å²) in [5.41, 5.74) is 0. The second-order valence-corrected chi connectivity index (χ2v) is 17.8. The van der Waals surface area contributed by atoms with E-state index in [2.05, 4.69) is 38.9 Å². The zero-order valence-corrected chi connectivity index (χ0v) is 39.1. The predicted octanol–water partition coefficient (Wildman–Crippen LogP) is 13.8. The summed E-state index contributed by atoms with van der Waals surface area (Å²) in [6.07, 6.45) is 40.9. The van der Waals surface area contributed by atoms with Gasteiger partial charge in [0, 0.05) is 19.6 Å². The van der Waals surface area contributed by atoms with Gasteiger partial charge in [0.05, 0.1) is 12.5 Å². The van der Waals surface area contributed by atoms with E-state index >= 15 is 0 Å². The third-order valence-electron chi connectivity index (χ3n) is 11.1. The van der Waals surface area contributed by atoms with Crippen LogP contribution in [0.5, 0.6) is 0 Å². The van der Waals surface area contributed by atoms with E-state index in [9.17, 15) is 9.90 Å². The molecule has 0 rings (SSSR count). The van der Waals surface area contributed by atoms with Gasteiger partial charge in [-0.1, -0.05) is 169 Å². The van der Waals surface area contributed by atoms with Crippen LogP contribution in [0.15, 0.2) is 0 Å². The molecule has 0 aromatic heterocycles. The summed E-state index contributed by atoms with van der Waals surface area (Å²) in [5.74, 6) is 0.156. The number of aliphatic hydroxyl groups excluding tert-OH is 1. The summed E-state index contributed by atoms with van der Waals surface area (Å²) in [5, 5.41) is 9.34. The third kappa shape index (κ3) is 39.1. The van der Waals surface area contributed by atoms with Gasteiger partial charge in [0.15, 0.2) is 6.26 Å². The van der Waals surface area contributed by atoms with Crippen LogP contribution in [-0.2, 0) is 34.1 Å². The molecule has 0 amide bonds. The van der Waals surface area contributed by atoms with Crippen LogP contribution in [0.3, 0.4) is 0 Å². The zero-order valence-electron chi connectivity index (χ0n) is 38.3. The molecule has 0 saturated heterocycles. The van der Waals surface area contributed by atoms with E-state index in [-0.39, 0.29) is 24.8 Å². The number of nitrogens with zero attached hydrogens (tertiary/aromatic N) is 1. The smallest absolute Gasteiger partial charge is 0.314 e. The van der Waals surface area contributed by atoms with Crippen molar-refractivity contribution in [1.82, 2.24) is 4.90 Å². The number of carbonyl (C=O) groups excluding carboxylic acids is 1. The van der Waals surface area contributed by atoms with E-state index in [0.717, 1.165) is 110 Å². The molecule has 336 valence electrons. The molecule has 0 fully saturated rings. The molecule has 1 N–H and O–H groups in total. The average molecular weight is 817 g/mol. The summed E-state index contributed by atoms with van der Waals surface area (Å²) in [4.78, 5) is 15.6. The van der Waals surface area contributed by atoms with Gasteiger partial charge in [-0.3, -0.25) is 4.79 Å². The minimum absolute atomic E-state index is 0.0606. The maximum Gasteiger partial charge on any atom is 0.314 e. The summed E-state index contributed by atoms with van der Waals surface area (Å²) in [6, 6.07) is 0. The number of hydrogen-bond acceptors (Lipinski definition) is 7. The first kappa shape index (κ1) is 55.6. The highest BCUT2D eigenvalue weighted by Crippen LogP contribution is 2.21. The van der Waals surface area contributed by atoms with Gasteiger partial charge in [0.1, 0.15) is 6.61 Å². The Balaban J connectivity index is 4.34. The van der Waals surface area contributed by atoms with Gasteiger partial charge in [-0.25, -0.2) is 0 Å². The van der Waals surface area contributed by atoms with E-state index < -0.39 is 11.5 Å². The summed E-state index contributed by atoms with van der Waals surface area (Å²) in [7, 11) is 0. The molecule has 3 unspecified atom stereocenters. The van der Waals surface area contributed by atoms with Crippen LogP contribution in [0.2, 0.25) is 0 Å². The maximum atomic E-state index is 13.0. The van der Waals surface area contributed by atoms with Crippen LogP contribution in [0, 0.1) is 5.92 Å². The van der Waals surface area contributed by atoms with Crippen molar-refractivity contribution in [2.75, 3.05) is 52.3 Å². The number of carbonyl (C=O) groups is 1. The molecule has 8 heteroatoms. The van der Waals surface area contributed by atoms with Crippen molar-refractivity contribution in [3.63, 3.8) is 0 Å². The van der Waals surface area contributed by atoms with Gasteiger partial charge < -0.3 is 19.5 Å². The van der Waals surface area contributed by atoms with E-state index in [1.165, 1.54) is 135 Å². The van der Waals surface area contributed by atoms with Crippen LogP contribution < -0.4 is 0 Å². The Morgan fingerprint density at radius 3 is 1.45 bits per heavy atom. The van der Waals surface area contributed by atoms with Crippen LogP contribution in [-0.4, -0.2) is 74.6 Å². The minimum Gasteiger partial charge on any atom is -0.465 e. The summed E-state index contributed by atoms with van der Waals surface area (Å²) in [6.45, 7) is 14.7. The predicted molar refractivity (Wildman–Crippen MR) is 243 cm³/mol. The lowest BCUT2D eigenvalue weighted by Gasteiger charge is -2.22. The Bertz CT molecular complexity index is 776. The lowest BCUT2D eigenvalue weighted by atomic mass is 9.94. The number of aliphatic hydroxyl groups is 1. The van der Waals surface area contributed by atoms with Gasteiger partial charge in [-0.05, 0) is 83.8 Å². The van der Waals surface area contributed by atoms with Gasteiger partial charge >= 0.3 is 17.4 Å². The standard InChI is InChI=1S/C48H98NO6S/c1-6-10-14-18-20-27-37-46(36-26-17-13-9-4)48(51)53-44-34-24-21-29-39-49(41-31-32-42-50)40-30-22-25-35-45-54-56(5)55-47(38-28-19-15-11-7-2)52-43-33-23-16-12-8-3/h46-47,50H,6-45H2,1-5H3/q+1. The van der Waals surface area contributed by atoms with Crippen molar-refractivity contribution in [1.29, 1.82) is 0 Å². The number of ether oxygens (including phenoxy) is 2. The highest BCUT2D eigenvalue weighted by Gasteiger charge is 2.24. The number of hydrogen-bond donors (Lipinski definition) is 1. The normalized spacial score (nSPS) is 13.4. The Hall–Kier alpha value is -0.380. The van der Waals surface area contributed by atoms with Gasteiger partial charge in [-0.15, -0.1) is 8.37 Å². The van der Waals surface area contributed by atoms with E-state index in [4.69, 9.17) is 17.8 Å². The molecule has 0 aliphatic heterocycles. The molecule has 0 bridgehead atoms. The molecule has 0 spiro atoms. The Labute approximate surface area is 353 Å². The molecule has 0 aliphatic carbocycles. The number of rotatable bonds is 47. The van der Waals surface area contributed by atoms with Gasteiger partial charge in [0.25, 0.3) is 0 Å². The Kier molecular flexibility index (Phi) is 45.4. The average Bonchev–Trinajstić information content (AvgIpc) is 3.19. The fraction of sp³-hybridized carbons (Fsp3) is 0.979. The Morgan fingerprint density at radius 2 is 0.911 bits per heavy atom. The highest BCUT2D eigenvalue weighted by molar-refractivity contribution is 7.87. The second kappa shape index (κ2) is 45.7. The first-order chi connectivity index (χ1) is 27.5. The molecular formula is C48H98NO6S+. The van der Waals surface area contributed by atoms with Crippen molar-refractivity contribution in [3.8, 4) is 0 Å². The van der Waals surface area contributed by atoms with Gasteiger partial charge in [0.2, 0.25) is 6.29 Å². The molecule has 0 saturated carbocycles. The number of esters is 1. The molecule has 3 atom stereocenters. The molecule has 0 aromatic carbocycles. The van der Waals surface area contributed by atoms with Crippen LogP contribution in [0.1, 0.15) is 240 Å². The van der Waals surface area contributed by atoms with Gasteiger partial charge in [-0.2, -0.15) is 0 Å². The lowest BCUT2D eigenvalue weighted by molar-refractivity contribution is -0.149. The monoisotopic (exact) mass is 817 g/mol. The molecule has 56 heavy (non-hydrogen) atoms. The largest absolute Gasteiger partial charge is 0.465 e. The minimum atomic E-state index is -0.534. The quantitative estimate of drug-likeness (QED) is 0.0284. The molecule has 0 aliphatic rings. The number of unbranched alkanes of at least 4 members (excludes halogenated alkanes) is 23. The van der Waals surface area contributed by atoms with Crippen molar-refractivity contribution >= 4 is 17.4 Å². The fourth-order valence-electron chi connectivity index (χ4n) is 7.37. The maximum absolute atomic E-state index is 13.0. The highest BCUT2D eigenvalue weighted by atomic mass is 32.2. The second-order valence-electron chi connectivity index (χ2n) is 16.6. The SMILES string of the molecule is CCCCCCCCC(CCCCCC)C(=O)OCCCCCCN(CCCCO)CCCCCCO[S+](C)OC(CCCCCCC)OCCCCCCC. The fourth-order valence-corrected chi connectivity index (χ4v) is 8.24. The molecule has 0 heterocycles. The lowest BCUT2D eigenvalue weighted by Crippen LogP contribution is -2.27. The van der Waals surface area contributed by atoms with Crippen molar-refractivity contribution in [2.45, 2.75) is 246 Å². The third-order valence-corrected chi connectivity index (χ3v) is 12.1. The van der Waals surface area contributed by atoms with E-state index in [1.807, 2.05) is 0 Å². The molecule has 0 aromatic rings. The van der Waals surface area contributed by atoms with E-state index in [1.54, 1.807) is 0 Å². The zero-order chi connectivity index (χ0) is 41.0. The van der Waals surface area contributed by atoms with E-state index in [0.29, 0.717) is 6.61 Å². The topological polar surface area (TPSA) is 77.5 Å². The first-order valence-electron chi connectivity index (χ1n) is 24.6. The van der Waals surface area contributed by atoms with Crippen LogP contribution in [0.25, 0.3) is 0 Å². The molecule has 7 nitrogen and oxygen atoms in total. The van der Waals surface area contributed by atoms with Crippen molar-refractivity contribution in [3.05, 3.63) is 0 Å². The van der Waals surface area contributed by atoms with Crippen molar-refractivity contribution in [2.24, 2.45) is 5.92 Å². The first-order valence-corrected chi connectivity index (χ1v) is 26.1.